The van der Waals surface area contributed by atoms with Crippen LogP contribution in [-0.4, -0.2) is 28.6 Å². The van der Waals surface area contributed by atoms with Gasteiger partial charge in [-0.05, 0) is 47.5 Å². The lowest BCUT2D eigenvalue weighted by atomic mass is 10.2. The Morgan fingerprint density at radius 1 is 1.24 bits per heavy atom. The number of methoxy groups -OCH3 is 1. The molecule has 2 rings (SSSR count). The van der Waals surface area contributed by atoms with Gasteiger partial charge in [0.2, 0.25) is 11.9 Å². The highest BCUT2D eigenvalue weighted by molar-refractivity contribution is 9.10. The van der Waals surface area contributed by atoms with Gasteiger partial charge < -0.3 is 15.4 Å². The van der Waals surface area contributed by atoms with E-state index in [0.717, 1.165) is 15.7 Å². The van der Waals surface area contributed by atoms with Crippen LogP contribution in [0.25, 0.3) is 0 Å². The molecule has 21 heavy (non-hydrogen) atoms. The standard InChI is InChI=1S/C13H15BrClN5O/c1-4-16-11-18-12(20-13(19-11)21-3)17-10-6-9(15)7(2)5-8(10)14/h5-6H,4H2,1-3H3,(H2,16,17,18,19,20). The molecule has 0 saturated carbocycles. The van der Waals surface area contributed by atoms with E-state index in [1.165, 1.54) is 7.11 Å². The molecule has 6 nitrogen and oxygen atoms in total. The molecule has 0 bridgehead atoms. The van der Waals surface area contributed by atoms with Gasteiger partial charge in [-0.1, -0.05) is 11.6 Å². The highest BCUT2D eigenvalue weighted by Gasteiger charge is 2.10. The van der Waals surface area contributed by atoms with Crippen LogP contribution in [0.1, 0.15) is 12.5 Å². The number of halogens is 2. The largest absolute Gasteiger partial charge is 0.467 e. The molecule has 0 atom stereocenters. The van der Waals surface area contributed by atoms with Crippen molar-refractivity contribution in [1.82, 2.24) is 15.0 Å². The number of benzene rings is 1. The third-order valence-electron chi connectivity index (χ3n) is 2.63. The molecule has 0 aliphatic carbocycles. The SMILES string of the molecule is CCNc1nc(Nc2cc(Cl)c(C)cc2Br)nc(OC)n1. The van der Waals surface area contributed by atoms with Crippen molar-refractivity contribution in [2.45, 2.75) is 13.8 Å². The van der Waals surface area contributed by atoms with Crippen LogP contribution in [0.3, 0.4) is 0 Å². The fourth-order valence-corrected chi connectivity index (χ4v) is 2.32. The number of rotatable bonds is 5. The Morgan fingerprint density at radius 3 is 2.62 bits per heavy atom. The molecule has 0 radical (unpaired) electrons. The molecule has 0 spiro atoms. The Labute approximate surface area is 136 Å². The molecule has 1 aromatic carbocycles. The monoisotopic (exact) mass is 371 g/mol. The Hall–Kier alpha value is -1.60. The third kappa shape index (κ3) is 3.95. The lowest BCUT2D eigenvalue weighted by Crippen LogP contribution is -2.08. The molecule has 1 heterocycles. The molecule has 0 aliphatic heterocycles. The summed E-state index contributed by atoms with van der Waals surface area (Å²) in [6, 6.07) is 3.97. The zero-order valence-corrected chi connectivity index (χ0v) is 14.2. The van der Waals surface area contributed by atoms with Crippen molar-refractivity contribution in [3.63, 3.8) is 0 Å². The molecular weight excluding hydrogens is 358 g/mol. The van der Waals surface area contributed by atoms with Crippen LogP contribution in [0.5, 0.6) is 6.01 Å². The minimum atomic E-state index is 0.234. The van der Waals surface area contributed by atoms with E-state index in [9.17, 15) is 0 Å². The zero-order valence-electron chi connectivity index (χ0n) is 11.9. The highest BCUT2D eigenvalue weighted by Crippen LogP contribution is 2.31. The maximum atomic E-state index is 6.14. The minimum Gasteiger partial charge on any atom is -0.467 e. The normalized spacial score (nSPS) is 10.3. The van der Waals surface area contributed by atoms with Gasteiger partial charge in [0, 0.05) is 16.0 Å². The summed E-state index contributed by atoms with van der Waals surface area (Å²) in [7, 11) is 1.51. The fourth-order valence-electron chi connectivity index (χ4n) is 1.60. The smallest absolute Gasteiger partial charge is 0.322 e. The van der Waals surface area contributed by atoms with E-state index in [1.54, 1.807) is 0 Å². The molecule has 2 N–H and O–H groups in total. The average Bonchev–Trinajstić information content (AvgIpc) is 2.45. The van der Waals surface area contributed by atoms with E-state index in [4.69, 9.17) is 16.3 Å². The molecule has 2 aromatic rings. The molecule has 0 aliphatic rings. The van der Waals surface area contributed by atoms with Gasteiger partial charge in [-0.15, -0.1) is 0 Å². The van der Waals surface area contributed by atoms with Gasteiger partial charge in [0.15, 0.2) is 0 Å². The summed E-state index contributed by atoms with van der Waals surface area (Å²) in [5.74, 6) is 0.819. The molecule has 0 saturated heterocycles. The summed E-state index contributed by atoms with van der Waals surface area (Å²) in [4.78, 5) is 12.5. The lowest BCUT2D eigenvalue weighted by molar-refractivity contribution is 0.379. The Bertz CT molecular complexity index is 653. The van der Waals surface area contributed by atoms with Gasteiger partial charge in [-0.25, -0.2) is 0 Å². The van der Waals surface area contributed by atoms with Gasteiger partial charge in [-0.2, -0.15) is 15.0 Å². The van der Waals surface area contributed by atoms with E-state index in [-0.39, 0.29) is 6.01 Å². The van der Waals surface area contributed by atoms with Crippen molar-refractivity contribution in [3.05, 3.63) is 27.2 Å². The first-order valence-electron chi connectivity index (χ1n) is 6.30. The first-order valence-corrected chi connectivity index (χ1v) is 7.47. The van der Waals surface area contributed by atoms with Crippen molar-refractivity contribution in [2.75, 3.05) is 24.3 Å². The highest BCUT2D eigenvalue weighted by atomic mass is 79.9. The van der Waals surface area contributed by atoms with Gasteiger partial charge in [-0.3, -0.25) is 0 Å². The van der Waals surface area contributed by atoms with Crippen molar-refractivity contribution in [3.8, 4) is 6.01 Å². The number of nitrogens with zero attached hydrogens (tertiary/aromatic N) is 3. The number of nitrogens with one attached hydrogen (secondary N) is 2. The summed E-state index contributed by atoms with van der Waals surface area (Å²) < 4.78 is 5.94. The van der Waals surface area contributed by atoms with Crippen LogP contribution in [-0.2, 0) is 0 Å². The van der Waals surface area contributed by atoms with Crippen molar-refractivity contribution in [1.29, 1.82) is 0 Å². The number of aromatic nitrogens is 3. The predicted octanol–water partition coefficient (Wildman–Crippen LogP) is 3.78. The lowest BCUT2D eigenvalue weighted by Gasteiger charge is -2.11. The second-order valence-electron chi connectivity index (χ2n) is 4.21. The van der Waals surface area contributed by atoms with E-state index in [0.29, 0.717) is 23.5 Å². The zero-order chi connectivity index (χ0) is 15.4. The van der Waals surface area contributed by atoms with Crippen LogP contribution in [0.2, 0.25) is 5.02 Å². The number of aryl methyl sites for hydroxylation is 1. The first-order chi connectivity index (χ1) is 10.0. The van der Waals surface area contributed by atoms with Crippen LogP contribution in [0.15, 0.2) is 16.6 Å². The van der Waals surface area contributed by atoms with Crippen LogP contribution in [0, 0.1) is 6.92 Å². The van der Waals surface area contributed by atoms with E-state index < -0.39 is 0 Å². The summed E-state index contributed by atoms with van der Waals surface area (Å²) in [6.07, 6.45) is 0. The van der Waals surface area contributed by atoms with E-state index in [2.05, 4.69) is 41.5 Å². The predicted molar refractivity (Wildman–Crippen MR) is 87.7 cm³/mol. The molecule has 112 valence electrons. The van der Waals surface area contributed by atoms with Gasteiger partial charge in [0.1, 0.15) is 0 Å². The molecule has 1 aromatic heterocycles. The summed E-state index contributed by atoms with van der Waals surface area (Å²) >= 11 is 9.62. The number of anilines is 3. The van der Waals surface area contributed by atoms with Crippen molar-refractivity contribution < 1.29 is 4.74 Å². The van der Waals surface area contributed by atoms with Crippen molar-refractivity contribution >= 4 is 45.1 Å². The third-order valence-corrected chi connectivity index (χ3v) is 3.69. The summed E-state index contributed by atoms with van der Waals surface area (Å²) in [5, 5.41) is 6.78. The van der Waals surface area contributed by atoms with E-state index in [1.807, 2.05) is 26.0 Å². The number of hydrogen-bond donors (Lipinski definition) is 2. The number of ether oxygens (including phenoxy) is 1. The Balaban J connectivity index is 2.34. The van der Waals surface area contributed by atoms with E-state index >= 15 is 0 Å². The van der Waals surface area contributed by atoms with Gasteiger partial charge >= 0.3 is 6.01 Å². The van der Waals surface area contributed by atoms with Crippen LogP contribution in [0.4, 0.5) is 17.6 Å². The second-order valence-corrected chi connectivity index (χ2v) is 5.47. The summed E-state index contributed by atoms with van der Waals surface area (Å²) in [6.45, 7) is 4.60. The first kappa shape index (κ1) is 15.8. The maximum Gasteiger partial charge on any atom is 0.322 e. The summed E-state index contributed by atoms with van der Waals surface area (Å²) in [5.41, 5.74) is 1.75. The number of hydrogen-bond acceptors (Lipinski definition) is 6. The molecular formula is C13H15BrClN5O. The average molecular weight is 373 g/mol. The minimum absolute atomic E-state index is 0.234. The second kappa shape index (κ2) is 6.91. The Morgan fingerprint density at radius 2 is 1.95 bits per heavy atom. The molecule has 0 unspecified atom stereocenters. The maximum absolute atomic E-state index is 6.14. The molecule has 0 fully saturated rings. The Kier molecular flexibility index (Phi) is 5.19. The topological polar surface area (TPSA) is 72.0 Å². The fraction of sp³-hybridized carbons (Fsp3) is 0.308. The van der Waals surface area contributed by atoms with Crippen molar-refractivity contribution in [2.24, 2.45) is 0 Å². The van der Waals surface area contributed by atoms with Gasteiger partial charge in [0.05, 0.1) is 12.8 Å². The quantitative estimate of drug-likeness (QED) is 0.832. The molecule has 0 amide bonds. The van der Waals surface area contributed by atoms with Gasteiger partial charge in [0.25, 0.3) is 0 Å². The molecule has 8 heteroatoms. The van der Waals surface area contributed by atoms with Crippen LogP contribution < -0.4 is 15.4 Å². The van der Waals surface area contributed by atoms with Crippen LogP contribution >= 0.6 is 27.5 Å².